The van der Waals surface area contributed by atoms with E-state index in [9.17, 15) is 0 Å². The molecule has 100 valence electrons. The average molecular weight is 259 g/mol. The SMILES string of the molecule is COc1ccc(OCCCNc2cnccn2)cc1. The van der Waals surface area contributed by atoms with Gasteiger partial charge in [0.25, 0.3) is 0 Å². The van der Waals surface area contributed by atoms with Crippen molar-refractivity contribution in [2.45, 2.75) is 6.42 Å². The Morgan fingerprint density at radius 3 is 2.58 bits per heavy atom. The van der Waals surface area contributed by atoms with Crippen LogP contribution in [-0.2, 0) is 0 Å². The highest BCUT2D eigenvalue weighted by Gasteiger charge is 1.96. The molecule has 1 N–H and O–H groups in total. The molecule has 0 fully saturated rings. The fourth-order valence-corrected chi connectivity index (χ4v) is 1.54. The molecule has 0 amide bonds. The zero-order chi connectivity index (χ0) is 13.3. The van der Waals surface area contributed by atoms with E-state index in [1.165, 1.54) is 0 Å². The number of methoxy groups -OCH3 is 1. The summed E-state index contributed by atoms with van der Waals surface area (Å²) in [5, 5.41) is 3.18. The van der Waals surface area contributed by atoms with Crippen LogP contribution < -0.4 is 14.8 Å². The minimum Gasteiger partial charge on any atom is -0.497 e. The molecular weight excluding hydrogens is 242 g/mol. The highest BCUT2D eigenvalue weighted by Crippen LogP contribution is 2.16. The molecule has 0 spiro atoms. The Bertz CT molecular complexity index is 474. The number of rotatable bonds is 7. The van der Waals surface area contributed by atoms with Gasteiger partial charge in [-0.25, -0.2) is 4.98 Å². The second kappa shape index (κ2) is 7.20. The van der Waals surface area contributed by atoms with Gasteiger partial charge in [0.05, 0.1) is 19.9 Å². The number of benzene rings is 1. The molecule has 0 aliphatic heterocycles. The lowest BCUT2D eigenvalue weighted by atomic mass is 10.3. The summed E-state index contributed by atoms with van der Waals surface area (Å²) in [6, 6.07) is 7.56. The van der Waals surface area contributed by atoms with Crippen molar-refractivity contribution in [3.05, 3.63) is 42.9 Å². The van der Waals surface area contributed by atoms with Crippen LogP contribution in [0.1, 0.15) is 6.42 Å². The van der Waals surface area contributed by atoms with Gasteiger partial charge in [-0.15, -0.1) is 0 Å². The van der Waals surface area contributed by atoms with Crippen molar-refractivity contribution in [3.63, 3.8) is 0 Å². The van der Waals surface area contributed by atoms with E-state index in [0.29, 0.717) is 6.61 Å². The van der Waals surface area contributed by atoms with Crippen LogP contribution in [0.2, 0.25) is 0 Å². The van der Waals surface area contributed by atoms with E-state index < -0.39 is 0 Å². The summed E-state index contributed by atoms with van der Waals surface area (Å²) >= 11 is 0. The number of nitrogens with one attached hydrogen (secondary N) is 1. The number of nitrogens with zero attached hydrogens (tertiary/aromatic N) is 2. The summed E-state index contributed by atoms with van der Waals surface area (Å²) < 4.78 is 10.7. The Hall–Kier alpha value is -2.30. The van der Waals surface area contributed by atoms with Crippen molar-refractivity contribution >= 4 is 5.82 Å². The van der Waals surface area contributed by atoms with E-state index in [1.54, 1.807) is 25.7 Å². The number of aromatic nitrogens is 2. The monoisotopic (exact) mass is 259 g/mol. The Kier molecular flexibility index (Phi) is 4.98. The second-order valence-corrected chi connectivity index (χ2v) is 3.89. The number of ether oxygens (including phenoxy) is 2. The molecule has 5 nitrogen and oxygen atoms in total. The van der Waals surface area contributed by atoms with Crippen LogP contribution in [0.15, 0.2) is 42.9 Å². The minimum atomic E-state index is 0.652. The van der Waals surface area contributed by atoms with Gasteiger partial charge >= 0.3 is 0 Å². The minimum absolute atomic E-state index is 0.652. The van der Waals surface area contributed by atoms with Crippen LogP contribution in [0.4, 0.5) is 5.82 Å². The van der Waals surface area contributed by atoms with Crippen molar-refractivity contribution in [2.24, 2.45) is 0 Å². The van der Waals surface area contributed by atoms with Gasteiger partial charge in [-0.3, -0.25) is 4.98 Å². The van der Waals surface area contributed by atoms with E-state index in [2.05, 4.69) is 15.3 Å². The molecule has 0 aliphatic rings. The van der Waals surface area contributed by atoms with Gasteiger partial charge in [-0.05, 0) is 30.7 Å². The maximum absolute atomic E-state index is 5.61. The molecule has 0 radical (unpaired) electrons. The van der Waals surface area contributed by atoms with Crippen molar-refractivity contribution in [1.82, 2.24) is 9.97 Å². The first-order valence-corrected chi connectivity index (χ1v) is 6.15. The Balaban J connectivity index is 1.63. The summed E-state index contributed by atoms with van der Waals surface area (Å²) in [7, 11) is 1.65. The lowest BCUT2D eigenvalue weighted by Gasteiger charge is -2.08. The first kappa shape index (κ1) is 13.1. The van der Waals surface area contributed by atoms with Gasteiger partial charge in [0, 0.05) is 18.9 Å². The summed E-state index contributed by atoms with van der Waals surface area (Å²) in [6.07, 6.45) is 5.90. The molecule has 0 atom stereocenters. The van der Waals surface area contributed by atoms with Crippen LogP contribution in [-0.4, -0.2) is 30.2 Å². The maximum Gasteiger partial charge on any atom is 0.144 e. The predicted octanol–water partition coefficient (Wildman–Crippen LogP) is 2.37. The van der Waals surface area contributed by atoms with Crippen molar-refractivity contribution in [3.8, 4) is 11.5 Å². The number of hydrogen-bond acceptors (Lipinski definition) is 5. The topological polar surface area (TPSA) is 56.3 Å². The lowest BCUT2D eigenvalue weighted by molar-refractivity contribution is 0.314. The van der Waals surface area contributed by atoms with Crippen LogP contribution >= 0.6 is 0 Å². The Labute approximate surface area is 112 Å². The van der Waals surface area contributed by atoms with E-state index in [1.807, 2.05) is 24.3 Å². The Morgan fingerprint density at radius 2 is 1.89 bits per heavy atom. The molecule has 0 unspecified atom stereocenters. The maximum atomic E-state index is 5.61. The van der Waals surface area contributed by atoms with Crippen LogP contribution in [0.5, 0.6) is 11.5 Å². The molecule has 1 aromatic carbocycles. The fraction of sp³-hybridized carbons (Fsp3) is 0.286. The van der Waals surface area contributed by atoms with Gasteiger partial charge in [0.2, 0.25) is 0 Å². The van der Waals surface area contributed by atoms with Gasteiger partial charge in [-0.1, -0.05) is 0 Å². The molecule has 0 saturated carbocycles. The molecule has 2 aromatic rings. The molecule has 0 aliphatic carbocycles. The van der Waals surface area contributed by atoms with E-state index in [-0.39, 0.29) is 0 Å². The third-order valence-corrected chi connectivity index (χ3v) is 2.52. The quantitative estimate of drug-likeness (QED) is 0.774. The van der Waals surface area contributed by atoms with Crippen molar-refractivity contribution in [1.29, 1.82) is 0 Å². The second-order valence-electron chi connectivity index (χ2n) is 3.89. The van der Waals surface area contributed by atoms with Gasteiger partial charge in [-0.2, -0.15) is 0 Å². The van der Waals surface area contributed by atoms with Crippen LogP contribution in [0, 0.1) is 0 Å². The zero-order valence-electron chi connectivity index (χ0n) is 10.9. The lowest BCUT2D eigenvalue weighted by Crippen LogP contribution is -2.08. The fourth-order valence-electron chi connectivity index (χ4n) is 1.54. The highest BCUT2D eigenvalue weighted by molar-refractivity contribution is 5.31. The van der Waals surface area contributed by atoms with Crippen molar-refractivity contribution < 1.29 is 9.47 Å². The molecule has 19 heavy (non-hydrogen) atoms. The van der Waals surface area contributed by atoms with Crippen molar-refractivity contribution in [2.75, 3.05) is 25.6 Å². The van der Waals surface area contributed by atoms with E-state index >= 15 is 0 Å². The largest absolute Gasteiger partial charge is 0.497 e. The van der Waals surface area contributed by atoms with Gasteiger partial charge < -0.3 is 14.8 Å². The molecule has 0 saturated heterocycles. The van der Waals surface area contributed by atoms with Crippen LogP contribution in [0.25, 0.3) is 0 Å². The molecule has 0 bridgehead atoms. The average Bonchev–Trinajstić information content (AvgIpc) is 2.49. The smallest absolute Gasteiger partial charge is 0.144 e. The third-order valence-electron chi connectivity index (χ3n) is 2.52. The summed E-state index contributed by atoms with van der Waals surface area (Å²) in [5.41, 5.74) is 0. The summed E-state index contributed by atoms with van der Waals surface area (Å²) in [4.78, 5) is 8.10. The first-order chi connectivity index (χ1) is 9.38. The molecule has 5 heteroatoms. The molecule has 1 aromatic heterocycles. The summed E-state index contributed by atoms with van der Waals surface area (Å²) in [5.74, 6) is 2.46. The van der Waals surface area contributed by atoms with E-state index in [0.717, 1.165) is 30.3 Å². The normalized spacial score (nSPS) is 9.95. The molecule has 1 heterocycles. The standard InChI is InChI=1S/C14H17N3O2/c1-18-12-3-5-13(6-4-12)19-10-2-7-16-14-11-15-8-9-17-14/h3-6,8-9,11H,2,7,10H2,1H3,(H,16,17). The first-order valence-electron chi connectivity index (χ1n) is 6.15. The Morgan fingerprint density at radius 1 is 1.11 bits per heavy atom. The zero-order valence-corrected chi connectivity index (χ0v) is 10.9. The van der Waals surface area contributed by atoms with Gasteiger partial charge in [0.1, 0.15) is 17.3 Å². The summed E-state index contributed by atoms with van der Waals surface area (Å²) in [6.45, 7) is 1.45. The highest BCUT2D eigenvalue weighted by atomic mass is 16.5. The van der Waals surface area contributed by atoms with Crippen LogP contribution in [0.3, 0.4) is 0 Å². The number of anilines is 1. The third kappa shape index (κ3) is 4.46. The molecular formula is C14H17N3O2. The number of hydrogen-bond donors (Lipinski definition) is 1. The van der Waals surface area contributed by atoms with E-state index in [4.69, 9.17) is 9.47 Å². The van der Waals surface area contributed by atoms with Gasteiger partial charge in [0.15, 0.2) is 0 Å². The molecule has 2 rings (SSSR count). The predicted molar refractivity (Wildman–Crippen MR) is 73.6 cm³/mol.